The molecule has 3 nitrogen and oxygen atoms in total. The molecule has 23 heavy (non-hydrogen) atoms. The van der Waals surface area contributed by atoms with Crippen LogP contribution < -0.4 is 5.73 Å². The Morgan fingerprint density at radius 2 is 2.09 bits per heavy atom. The Morgan fingerprint density at radius 3 is 2.87 bits per heavy atom. The van der Waals surface area contributed by atoms with Gasteiger partial charge in [0.1, 0.15) is 5.78 Å². The van der Waals surface area contributed by atoms with Crippen LogP contribution in [0.4, 0.5) is 0 Å². The Kier molecular flexibility index (Phi) is 3.36. The van der Waals surface area contributed by atoms with Crippen LogP contribution in [0.25, 0.3) is 0 Å². The van der Waals surface area contributed by atoms with E-state index in [9.17, 15) is 9.59 Å². The molecule has 0 bridgehead atoms. The van der Waals surface area contributed by atoms with E-state index in [0.717, 1.165) is 25.7 Å². The molecule has 0 radical (unpaired) electrons. The predicted molar refractivity (Wildman–Crippen MR) is 88.8 cm³/mol. The van der Waals surface area contributed by atoms with Gasteiger partial charge in [-0.05, 0) is 61.0 Å². The maximum atomic E-state index is 12.9. The van der Waals surface area contributed by atoms with E-state index in [1.165, 1.54) is 17.5 Å². The molecule has 2 saturated carbocycles. The second kappa shape index (κ2) is 5.19. The number of nitrogens with two attached hydrogens (primary N) is 1. The third kappa shape index (κ3) is 2.16. The first-order chi connectivity index (χ1) is 11.0. The summed E-state index contributed by atoms with van der Waals surface area (Å²) in [7, 11) is 0. The van der Waals surface area contributed by atoms with Gasteiger partial charge in [-0.3, -0.25) is 9.59 Å². The van der Waals surface area contributed by atoms with Gasteiger partial charge in [-0.25, -0.2) is 0 Å². The molecule has 0 aliphatic heterocycles. The van der Waals surface area contributed by atoms with Crippen LogP contribution in [-0.2, 0) is 16.0 Å². The number of hydrogen-bond donors (Lipinski definition) is 1. The van der Waals surface area contributed by atoms with Gasteiger partial charge in [-0.15, -0.1) is 0 Å². The van der Waals surface area contributed by atoms with Crippen molar-refractivity contribution in [3.05, 3.63) is 35.4 Å². The number of fused-ring (bicyclic) bond motifs is 5. The second-order valence-corrected chi connectivity index (χ2v) is 8.04. The van der Waals surface area contributed by atoms with Crippen molar-refractivity contribution in [2.45, 2.75) is 51.4 Å². The summed E-state index contributed by atoms with van der Waals surface area (Å²) in [5.74, 6) is 1.43. The molecule has 1 aromatic carbocycles. The van der Waals surface area contributed by atoms with Crippen molar-refractivity contribution in [1.82, 2.24) is 0 Å². The zero-order chi connectivity index (χ0) is 16.2. The molecule has 5 unspecified atom stereocenters. The maximum absolute atomic E-state index is 12.9. The Balaban J connectivity index is 1.66. The summed E-state index contributed by atoms with van der Waals surface area (Å²) >= 11 is 0. The summed E-state index contributed by atoms with van der Waals surface area (Å²) in [6.45, 7) is 2.15. The number of rotatable bonds is 2. The Hall–Kier alpha value is -1.64. The van der Waals surface area contributed by atoms with Gasteiger partial charge in [-0.2, -0.15) is 0 Å². The zero-order valence-electron chi connectivity index (χ0n) is 13.8. The predicted octanol–water partition coefficient (Wildman–Crippen LogP) is 3.21. The minimum Gasteiger partial charge on any atom is -0.370 e. The standard InChI is InChI=1S/C20H25NO2/c1-20-9-8-15-14-5-3-2-4-12(14)6-7-16(15)17(20)10-13(19(20)23)11-18(21)22/h2-5,13,15-17H,6-11H2,1H3,(H2,21,22). The van der Waals surface area contributed by atoms with Crippen LogP contribution in [0.3, 0.4) is 0 Å². The van der Waals surface area contributed by atoms with Gasteiger partial charge in [0.05, 0.1) is 0 Å². The van der Waals surface area contributed by atoms with Gasteiger partial charge in [0.15, 0.2) is 0 Å². The van der Waals surface area contributed by atoms with Crippen molar-refractivity contribution in [2.75, 3.05) is 0 Å². The molecule has 2 fully saturated rings. The number of ketones is 1. The van der Waals surface area contributed by atoms with Gasteiger partial charge in [0.25, 0.3) is 0 Å². The first-order valence-electron chi connectivity index (χ1n) is 8.91. The Bertz CT molecular complexity index is 667. The lowest BCUT2D eigenvalue weighted by molar-refractivity contribution is -0.133. The summed E-state index contributed by atoms with van der Waals surface area (Å²) in [6, 6.07) is 8.82. The number of carbonyl (C=O) groups excluding carboxylic acids is 2. The normalized spacial score (nSPS) is 38.6. The summed E-state index contributed by atoms with van der Waals surface area (Å²) < 4.78 is 0. The molecule has 1 amide bonds. The highest BCUT2D eigenvalue weighted by Crippen LogP contribution is 2.61. The zero-order valence-corrected chi connectivity index (χ0v) is 13.8. The third-order valence-electron chi connectivity index (χ3n) is 6.95. The smallest absolute Gasteiger partial charge is 0.218 e. The van der Waals surface area contributed by atoms with Gasteiger partial charge < -0.3 is 5.73 Å². The molecule has 3 aliphatic carbocycles. The Labute approximate surface area is 137 Å². The molecule has 1 aromatic rings. The number of carbonyl (C=O) groups is 2. The highest BCUT2D eigenvalue weighted by Gasteiger charge is 2.57. The molecule has 2 N–H and O–H groups in total. The molecule has 0 spiro atoms. The molecule has 3 heteroatoms. The van der Waals surface area contributed by atoms with Gasteiger partial charge in [0, 0.05) is 17.8 Å². The molecule has 122 valence electrons. The van der Waals surface area contributed by atoms with E-state index in [4.69, 9.17) is 5.73 Å². The lowest BCUT2D eigenvalue weighted by atomic mass is 9.55. The van der Waals surface area contributed by atoms with Gasteiger partial charge in [0.2, 0.25) is 5.91 Å². The molecule has 5 atom stereocenters. The molecular formula is C20H25NO2. The number of Topliss-reactive ketones (excluding diaryl/α,β-unsaturated/α-hetero) is 1. The minimum atomic E-state index is -0.337. The van der Waals surface area contributed by atoms with Crippen LogP contribution in [0.1, 0.15) is 56.1 Å². The third-order valence-corrected chi connectivity index (χ3v) is 6.95. The molecule has 0 saturated heterocycles. The molecule has 0 heterocycles. The van der Waals surface area contributed by atoms with E-state index in [-0.39, 0.29) is 23.7 Å². The van der Waals surface area contributed by atoms with Crippen molar-refractivity contribution in [3.63, 3.8) is 0 Å². The molecule has 4 rings (SSSR count). The van der Waals surface area contributed by atoms with Gasteiger partial charge in [-0.1, -0.05) is 31.2 Å². The number of aryl methyl sites for hydroxylation is 1. The van der Waals surface area contributed by atoms with E-state index in [1.807, 2.05) is 0 Å². The second-order valence-electron chi connectivity index (χ2n) is 8.04. The van der Waals surface area contributed by atoms with Crippen LogP contribution >= 0.6 is 0 Å². The maximum Gasteiger partial charge on any atom is 0.218 e. The van der Waals surface area contributed by atoms with E-state index in [1.54, 1.807) is 0 Å². The number of primary amides is 1. The fourth-order valence-corrected chi connectivity index (χ4v) is 5.88. The number of amides is 1. The van der Waals surface area contributed by atoms with Crippen molar-refractivity contribution < 1.29 is 9.59 Å². The first-order valence-corrected chi connectivity index (χ1v) is 8.91. The molecular weight excluding hydrogens is 286 g/mol. The Morgan fingerprint density at radius 1 is 1.30 bits per heavy atom. The van der Waals surface area contributed by atoms with Crippen molar-refractivity contribution in [3.8, 4) is 0 Å². The van der Waals surface area contributed by atoms with E-state index >= 15 is 0 Å². The topological polar surface area (TPSA) is 60.2 Å². The lowest BCUT2D eigenvalue weighted by Crippen LogP contribution is -2.42. The lowest BCUT2D eigenvalue weighted by Gasteiger charge is -2.48. The van der Waals surface area contributed by atoms with Crippen molar-refractivity contribution in [1.29, 1.82) is 0 Å². The van der Waals surface area contributed by atoms with Crippen LogP contribution in [0.5, 0.6) is 0 Å². The van der Waals surface area contributed by atoms with E-state index < -0.39 is 0 Å². The highest BCUT2D eigenvalue weighted by atomic mass is 16.1. The highest BCUT2D eigenvalue weighted by molar-refractivity contribution is 5.92. The fourth-order valence-electron chi connectivity index (χ4n) is 5.88. The summed E-state index contributed by atoms with van der Waals surface area (Å²) in [5, 5.41) is 0. The first kappa shape index (κ1) is 14.9. The van der Waals surface area contributed by atoms with Crippen molar-refractivity contribution >= 4 is 11.7 Å². The number of benzene rings is 1. The average Bonchev–Trinajstić information content (AvgIpc) is 2.78. The monoisotopic (exact) mass is 311 g/mol. The molecule has 0 aromatic heterocycles. The number of hydrogen-bond acceptors (Lipinski definition) is 2. The van der Waals surface area contributed by atoms with E-state index in [2.05, 4.69) is 31.2 Å². The van der Waals surface area contributed by atoms with Crippen LogP contribution in [0.15, 0.2) is 24.3 Å². The van der Waals surface area contributed by atoms with Crippen LogP contribution in [0.2, 0.25) is 0 Å². The summed E-state index contributed by atoms with van der Waals surface area (Å²) in [4.78, 5) is 24.2. The quantitative estimate of drug-likeness (QED) is 0.911. The van der Waals surface area contributed by atoms with Gasteiger partial charge >= 0.3 is 0 Å². The van der Waals surface area contributed by atoms with Crippen LogP contribution in [-0.4, -0.2) is 11.7 Å². The largest absolute Gasteiger partial charge is 0.370 e. The summed E-state index contributed by atoms with van der Waals surface area (Å²) in [6.07, 6.45) is 5.46. The summed E-state index contributed by atoms with van der Waals surface area (Å²) in [5.41, 5.74) is 8.15. The molecule has 3 aliphatic rings. The van der Waals surface area contributed by atoms with Crippen molar-refractivity contribution in [2.24, 2.45) is 28.9 Å². The van der Waals surface area contributed by atoms with E-state index in [0.29, 0.717) is 23.5 Å². The SMILES string of the molecule is CC12CCC3c4ccccc4CCC3C1CC(CC(N)=O)C2=O. The van der Waals surface area contributed by atoms with Crippen LogP contribution in [0, 0.1) is 23.2 Å². The minimum absolute atomic E-state index is 0.140. The fraction of sp³-hybridized carbons (Fsp3) is 0.600. The average molecular weight is 311 g/mol.